The van der Waals surface area contributed by atoms with Gasteiger partial charge in [-0.3, -0.25) is 0 Å². The predicted octanol–water partition coefficient (Wildman–Crippen LogP) is 2.68. The number of aryl methyl sites for hydroxylation is 1. The Bertz CT molecular complexity index is 659. The lowest BCUT2D eigenvalue weighted by Crippen LogP contribution is -2.08. The Hall–Kier alpha value is -2.56. The van der Waals surface area contributed by atoms with Crippen LogP contribution in [0.15, 0.2) is 36.7 Å². The molecule has 2 rings (SSSR count). The first-order chi connectivity index (χ1) is 10.1. The highest BCUT2D eigenvalue weighted by molar-refractivity contribution is 5.85. The SMILES string of the molecule is Cc1ncn(CCOc2cccc(C=CC(=O)O)c2)c1C. The normalized spacial score (nSPS) is 11.0. The van der Waals surface area contributed by atoms with Gasteiger partial charge in [-0.05, 0) is 37.6 Å². The third-order valence-corrected chi connectivity index (χ3v) is 3.22. The van der Waals surface area contributed by atoms with Gasteiger partial charge in [-0.25, -0.2) is 9.78 Å². The molecule has 5 heteroatoms. The van der Waals surface area contributed by atoms with Crippen molar-refractivity contribution in [1.29, 1.82) is 0 Å². The zero-order chi connectivity index (χ0) is 15.2. The first-order valence-corrected chi connectivity index (χ1v) is 6.68. The molecule has 0 amide bonds. The minimum Gasteiger partial charge on any atom is -0.492 e. The maximum atomic E-state index is 10.5. The number of ether oxygens (including phenoxy) is 1. The van der Waals surface area contributed by atoms with E-state index in [1.165, 1.54) is 0 Å². The number of carbonyl (C=O) groups is 1. The zero-order valence-corrected chi connectivity index (χ0v) is 12.1. The molecule has 0 aliphatic heterocycles. The van der Waals surface area contributed by atoms with Crippen molar-refractivity contribution in [2.75, 3.05) is 6.61 Å². The number of hydrogen-bond donors (Lipinski definition) is 1. The molecule has 0 atom stereocenters. The second kappa shape index (κ2) is 6.74. The molecule has 0 unspecified atom stereocenters. The van der Waals surface area contributed by atoms with Gasteiger partial charge in [0.05, 0.1) is 18.6 Å². The fourth-order valence-electron chi connectivity index (χ4n) is 1.91. The molecule has 0 bridgehead atoms. The number of hydrogen-bond acceptors (Lipinski definition) is 3. The van der Waals surface area contributed by atoms with E-state index in [4.69, 9.17) is 9.84 Å². The van der Waals surface area contributed by atoms with Gasteiger partial charge in [0, 0.05) is 11.8 Å². The summed E-state index contributed by atoms with van der Waals surface area (Å²) in [5, 5.41) is 8.61. The fraction of sp³-hybridized carbons (Fsp3) is 0.250. The number of aromatic nitrogens is 2. The third-order valence-electron chi connectivity index (χ3n) is 3.22. The van der Waals surface area contributed by atoms with Crippen LogP contribution in [0, 0.1) is 13.8 Å². The van der Waals surface area contributed by atoms with Gasteiger partial charge in [0.2, 0.25) is 0 Å². The zero-order valence-electron chi connectivity index (χ0n) is 12.1. The van der Waals surface area contributed by atoms with Gasteiger partial charge < -0.3 is 14.4 Å². The predicted molar refractivity (Wildman–Crippen MR) is 80.3 cm³/mol. The summed E-state index contributed by atoms with van der Waals surface area (Å²) in [5.74, 6) is -0.246. The van der Waals surface area contributed by atoms with Crippen LogP contribution < -0.4 is 4.74 Å². The number of nitrogens with zero attached hydrogens (tertiary/aromatic N) is 2. The highest BCUT2D eigenvalue weighted by atomic mass is 16.5. The van der Waals surface area contributed by atoms with Crippen molar-refractivity contribution in [2.24, 2.45) is 0 Å². The van der Waals surface area contributed by atoms with E-state index in [-0.39, 0.29) is 0 Å². The number of carboxylic acid groups (broad SMARTS) is 1. The van der Waals surface area contributed by atoms with E-state index in [1.54, 1.807) is 12.4 Å². The van der Waals surface area contributed by atoms with E-state index in [1.807, 2.05) is 42.7 Å². The van der Waals surface area contributed by atoms with Crippen molar-refractivity contribution >= 4 is 12.0 Å². The van der Waals surface area contributed by atoms with Crippen LogP contribution in [0.4, 0.5) is 0 Å². The van der Waals surface area contributed by atoms with Gasteiger partial charge in [0.1, 0.15) is 12.4 Å². The fourth-order valence-corrected chi connectivity index (χ4v) is 1.91. The third kappa shape index (κ3) is 4.21. The van der Waals surface area contributed by atoms with Gasteiger partial charge in [-0.2, -0.15) is 0 Å². The Morgan fingerprint density at radius 2 is 2.24 bits per heavy atom. The monoisotopic (exact) mass is 286 g/mol. The van der Waals surface area contributed by atoms with Crippen LogP contribution in [0.1, 0.15) is 17.0 Å². The van der Waals surface area contributed by atoms with E-state index in [2.05, 4.69) is 4.98 Å². The highest BCUT2D eigenvalue weighted by Gasteiger charge is 2.02. The van der Waals surface area contributed by atoms with Crippen molar-refractivity contribution in [3.63, 3.8) is 0 Å². The molecule has 1 aromatic carbocycles. The van der Waals surface area contributed by atoms with E-state index in [0.717, 1.165) is 35.3 Å². The van der Waals surface area contributed by atoms with Crippen molar-refractivity contribution < 1.29 is 14.6 Å². The number of benzene rings is 1. The molecule has 1 heterocycles. The van der Waals surface area contributed by atoms with Crippen LogP contribution in [-0.2, 0) is 11.3 Å². The molecule has 0 aliphatic rings. The molecule has 0 saturated heterocycles. The molecule has 2 aromatic rings. The number of carboxylic acids is 1. The minimum absolute atomic E-state index is 0.530. The summed E-state index contributed by atoms with van der Waals surface area (Å²) in [6, 6.07) is 7.33. The molecule has 21 heavy (non-hydrogen) atoms. The van der Waals surface area contributed by atoms with Crippen LogP contribution in [0.3, 0.4) is 0 Å². The van der Waals surface area contributed by atoms with Crippen LogP contribution in [0.5, 0.6) is 5.75 Å². The summed E-state index contributed by atoms with van der Waals surface area (Å²) in [5.41, 5.74) is 2.96. The van der Waals surface area contributed by atoms with Crippen LogP contribution >= 0.6 is 0 Å². The summed E-state index contributed by atoms with van der Waals surface area (Å²) in [7, 11) is 0. The smallest absolute Gasteiger partial charge is 0.328 e. The van der Waals surface area contributed by atoms with Crippen molar-refractivity contribution in [3.05, 3.63) is 53.6 Å². The molecule has 0 fully saturated rings. The van der Waals surface area contributed by atoms with Crippen LogP contribution in [-0.4, -0.2) is 27.2 Å². The lowest BCUT2D eigenvalue weighted by atomic mass is 10.2. The van der Waals surface area contributed by atoms with E-state index >= 15 is 0 Å². The average Bonchev–Trinajstić information content (AvgIpc) is 2.78. The van der Waals surface area contributed by atoms with Crippen LogP contribution in [0.2, 0.25) is 0 Å². The molecule has 1 aromatic heterocycles. The second-order valence-electron chi connectivity index (χ2n) is 4.70. The molecular formula is C16H18N2O3. The maximum absolute atomic E-state index is 10.5. The highest BCUT2D eigenvalue weighted by Crippen LogP contribution is 2.15. The van der Waals surface area contributed by atoms with Gasteiger partial charge in [0.15, 0.2) is 0 Å². The summed E-state index contributed by atoms with van der Waals surface area (Å²) in [6.07, 6.45) is 4.45. The minimum atomic E-state index is -0.965. The molecule has 0 radical (unpaired) electrons. The molecular weight excluding hydrogens is 268 g/mol. The Morgan fingerprint density at radius 1 is 1.43 bits per heavy atom. The van der Waals surface area contributed by atoms with E-state index < -0.39 is 5.97 Å². The standard InChI is InChI=1S/C16H18N2O3/c1-12-13(2)18(11-17-12)8-9-21-15-5-3-4-14(10-15)6-7-16(19)20/h3-7,10-11H,8-9H2,1-2H3,(H,19,20). The molecule has 1 N–H and O–H groups in total. The largest absolute Gasteiger partial charge is 0.492 e. The topological polar surface area (TPSA) is 64.4 Å². The summed E-state index contributed by atoms with van der Waals surface area (Å²) in [4.78, 5) is 14.7. The van der Waals surface area contributed by atoms with Crippen molar-refractivity contribution in [1.82, 2.24) is 9.55 Å². The van der Waals surface area contributed by atoms with E-state index in [0.29, 0.717) is 6.61 Å². The lowest BCUT2D eigenvalue weighted by molar-refractivity contribution is -0.131. The molecule has 0 spiro atoms. The average molecular weight is 286 g/mol. The Balaban J connectivity index is 1.93. The molecule has 5 nitrogen and oxygen atoms in total. The Kier molecular flexibility index (Phi) is 4.77. The second-order valence-corrected chi connectivity index (χ2v) is 4.70. The first kappa shape index (κ1) is 14.8. The summed E-state index contributed by atoms with van der Waals surface area (Å²) < 4.78 is 7.74. The molecule has 0 aliphatic carbocycles. The van der Waals surface area contributed by atoms with E-state index in [9.17, 15) is 4.79 Å². The van der Waals surface area contributed by atoms with Gasteiger partial charge in [-0.1, -0.05) is 12.1 Å². The Labute approximate surface area is 123 Å². The molecule has 0 saturated carbocycles. The summed E-state index contributed by atoms with van der Waals surface area (Å²) in [6.45, 7) is 5.26. The number of rotatable bonds is 6. The lowest BCUT2D eigenvalue weighted by Gasteiger charge is -2.09. The van der Waals surface area contributed by atoms with Crippen LogP contribution in [0.25, 0.3) is 6.08 Å². The quantitative estimate of drug-likeness (QED) is 0.829. The maximum Gasteiger partial charge on any atom is 0.328 e. The van der Waals surface area contributed by atoms with Crippen molar-refractivity contribution in [3.8, 4) is 5.75 Å². The molecule has 110 valence electrons. The first-order valence-electron chi connectivity index (χ1n) is 6.68. The van der Waals surface area contributed by atoms with Crippen molar-refractivity contribution in [2.45, 2.75) is 20.4 Å². The van der Waals surface area contributed by atoms with Gasteiger partial charge in [-0.15, -0.1) is 0 Å². The summed E-state index contributed by atoms with van der Waals surface area (Å²) >= 11 is 0. The van der Waals surface area contributed by atoms with Gasteiger partial charge >= 0.3 is 5.97 Å². The van der Waals surface area contributed by atoms with Gasteiger partial charge in [0.25, 0.3) is 0 Å². The number of aliphatic carboxylic acids is 1. The number of imidazole rings is 1. The Morgan fingerprint density at radius 3 is 2.90 bits per heavy atom.